The third-order valence-corrected chi connectivity index (χ3v) is 7.53. The largest absolute Gasteiger partial charge is 0.487 e. The summed E-state index contributed by atoms with van der Waals surface area (Å²) >= 11 is 5.28. The molecule has 0 saturated carbocycles. The molecule has 1 fully saturated rings. The molecule has 0 radical (unpaired) electrons. The summed E-state index contributed by atoms with van der Waals surface area (Å²) in [5, 5.41) is -0.403. The molecule has 1 aromatic heterocycles. The molecule has 10 heteroatoms. The third-order valence-electron chi connectivity index (χ3n) is 5.02. The van der Waals surface area contributed by atoms with Crippen LogP contribution in [-0.4, -0.2) is 29.1 Å². The predicted molar refractivity (Wildman–Crippen MR) is 149 cm³/mol. The second kappa shape index (κ2) is 11.2. The van der Waals surface area contributed by atoms with Crippen molar-refractivity contribution >= 4 is 80.1 Å². The van der Waals surface area contributed by atoms with Crippen LogP contribution in [-0.2, 0) is 22.7 Å². The van der Waals surface area contributed by atoms with Gasteiger partial charge in [0, 0.05) is 0 Å². The second-order valence-electron chi connectivity index (χ2n) is 7.62. The molecule has 1 aliphatic rings. The molecule has 2 heterocycles. The summed E-state index contributed by atoms with van der Waals surface area (Å²) in [7, 11) is 1.25. The van der Waals surface area contributed by atoms with Gasteiger partial charge in [0.15, 0.2) is 0 Å². The van der Waals surface area contributed by atoms with Gasteiger partial charge in [-0.25, -0.2) is 4.79 Å². The quantitative estimate of drug-likeness (QED) is 0.159. The van der Waals surface area contributed by atoms with Gasteiger partial charge in [0.1, 0.15) is 18.1 Å². The molecule has 0 atom stereocenters. The van der Waals surface area contributed by atoms with Crippen molar-refractivity contribution in [1.29, 1.82) is 0 Å². The summed E-state index contributed by atoms with van der Waals surface area (Å²) in [5.74, 6) is 0.0610. The van der Waals surface area contributed by atoms with E-state index in [0.29, 0.717) is 17.3 Å². The van der Waals surface area contributed by atoms with Crippen LogP contribution in [0.1, 0.15) is 33.0 Å². The number of hydrogen-bond donors (Lipinski definition) is 0. The van der Waals surface area contributed by atoms with Crippen molar-refractivity contribution in [2.75, 3.05) is 7.11 Å². The Bertz CT molecular complexity index is 1330. The monoisotopic (exact) mass is 715 g/mol. The minimum Gasteiger partial charge on any atom is -0.487 e. The topological polar surface area (TPSA) is 86.0 Å². The van der Waals surface area contributed by atoms with Gasteiger partial charge in [-0.3, -0.25) is 14.5 Å². The maximum absolute atomic E-state index is 12.9. The van der Waals surface area contributed by atoms with Crippen molar-refractivity contribution in [3.8, 4) is 5.75 Å². The van der Waals surface area contributed by atoms with Gasteiger partial charge >= 0.3 is 5.97 Å². The molecule has 1 saturated heterocycles. The van der Waals surface area contributed by atoms with Crippen molar-refractivity contribution in [2.24, 2.45) is 0 Å². The number of thioether (sulfide) groups is 1. The molecule has 4 rings (SSSR count). The van der Waals surface area contributed by atoms with Crippen LogP contribution < -0.4 is 4.74 Å². The van der Waals surface area contributed by atoms with Gasteiger partial charge in [-0.05, 0) is 105 Å². The third kappa shape index (κ3) is 6.09. The Morgan fingerprint density at radius 3 is 2.54 bits per heavy atom. The number of furan rings is 1. The van der Waals surface area contributed by atoms with Crippen LogP contribution in [0.3, 0.4) is 0 Å². The number of imide groups is 1. The van der Waals surface area contributed by atoms with E-state index in [1.807, 2.05) is 37.3 Å². The van der Waals surface area contributed by atoms with Crippen molar-refractivity contribution in [3.05, 3.63) is 88.8 Å². The summed E-state index contributed by atoms with van der Waals surface area (Å²) in [6, 6.07) is 15.0. The van der Waals surface area contributed by atoms with Crippen LogP contribution in [0.4, 0.5) is 4.79 Å². The number of carbonyl (C=O) groups excluding carboxylic acids is 3. The lowest BCUT2D eigenvalue weighted by Crippen LogP contribution is -2.27. The van der Waals surface area contributed by atoms with Crippen molar-refractivity contribution in [1.82, 2.24) is 4.90 Å². The average Bonchev–Trinajstić information content (AvgIpc) is 3.38. The smallest absolute Gasteiger partial charge is 0.373 e. The lowest BCUT2D eigenvalue weighted by atomic mass is 10.1. The van der Waals surface area contributed by atoms with Gasteiger partial charge in [0.05, 0.1) is 25.7 Å². The first-order chi connectivity index (χ1) is 16.7. The van der Waals surface area contributed by atoms with Crippen LogP contribution in [0.15, 0.2) is 57.9 Å². The van der Waals surface area contributed by atoms with E-state index in [4.69, 9.17) is 9.15 Å². The Morgan fingerprint density at radius 1 is 1.11 bits per heavy atom. The van der Waals surface area contributed by atoms with E-state index in [2.05, 4.69) is 56.0 Å². The summed E-state index contributed by atoms with van der Waals surface area (Å²) in [6.45, 7) is 2.43. The molecule has 2 amide bonds. The summed E-state index contributed by atoms with van der Waals surface area (Å²) < 4.78 is 17.9. The number of benzene rings is 2. The highest BCUT2D eigenvalue weighted by Gasteiger charge is 2.36. The number of carbonyl (C=O) groups is 3. The number of halogens is 2. The number of rotatable bonds is 7. The van der Waals surface area contributed by atoms with Crippen molar-refractivity contribution < 1.29 is 28.3 Å². The Morgan fingerprint density at radius 2 is 1.86 bits per heavy atom. The highest BCUT2D eigenvalue weighted by molar-refractivity contribution is 14.1. The Kier molecular flexibility index (Phi) is 8.22. The van der Waals surface area contributed by atoms with E-state index in [1.54, 1.807) is 12.1 Å². The molecule has 0 spiro atoms. The molecule has 180 valence electrons. The van der Waals surface area contributed by atoms with Crippen LogP contribution in [0.2, 0.25) is 0 Å². The van der Waals surface area contributed by atoms with E-state index >= 15 is 0 Å². The molecule has 1 aliphatic heterocycles. The maximum Gasteiger partial charge on any atom is 0.373 e. The first-order valence-corrected chi connectivity index (χ1v) is 13.3. The number of hydrogen-bond acceptors (Lipinski definition) is 7. The van der Waals surface area contributed by atoms with Gasteiger partial charge in [0.25, 0.3) is 11.1 Å². The Labute approximate surface area is 233 Å². The number of methoxy groups -OCH3 is 1. The van der Waals surface area contributed by atoms with Crippen LogP contribution in [0, 0.1) is 14.1 Å². The van der Waals surface area contributed by atoms with E-state index in [1.165, 1.54) is 18.7 Å². The lowest BCUT2D eigenvalue weighted by Gasteiger charge is -2.12. The van der Waals surface area contributed by atoms with Gasteiger partial charge in [-0.2, -0.15) is 0 Å². The standard InChI is InChI=1S/C25H19I2NO6S/c1-14-4-3-5-15(8-14)13-33-22-18(26)9-16(10-19(22)27)11-21-23(29)28(25(31)35-21)12-17-6-7-20(34-17)24(30)32-2/h3-11H,12-13H2,1-2H3/b21-11+. The Balaban J connectivity index is 1.48. The summed E-state index contributed by atoms with van der Waals surface area (Å²) in [5.41, 5.74) is 3.05. The van der Waals surface area contributed by atoms with Crippen LogP contribution >= 0.6 is 56.9 Å². The predicted octanol–water partition coefficient (Wildman–Crippen LogP) is 6.40. The number of esters is 1. The van der Waals surface area contributed by atoms with Crippen molar-refractivity contribution in [3.63, 3.8) is 0 Å². The highest BCUT2D eigenvalue weighted by atomic mass is 127. The summed E-state index contributed by atoms with van der Waals surface area (Å²) in [4.78, 5) is 38.4. The van der Waals surface area contributed by atoms with E-state index in [9.17, 15) is 14.4 Å². The zero-order valence-electron chi connectivity index (χ0n) is 18.7. The molecule has 3 aromatic rings. The number of amides is 2. The maximum atomic E-state index is 12.9. The fraction of sp³-hybridized carbons (Fsp3) is 0.160. The van der Waals surface area contributed by atoms with E-state index < -0.39 is 17.1 Å². The molecule has 2 aromatic carbocycles. The summed E-state index contributed by atoms with van der Waals surface area (Å²) in [6.07, 6.45) is 1.70. The molecule has 0 bridgehead atoms. The molecule has 0 aliphatic carbocycles. The molecule has 0 N–H and O–H groups in total. The van der Waals surface area contributed by atoms with Crippen LogP contribution in [0.5, 0.6) is 5.75 Å². The first kappa shape index (κ1) is 25.8. The SMILES string of the molecule is COC(=O)c1ccc(CN2C(=O)S/C(=C/c3cc(I)c(OCc4cccc(C)c4)c(I)c3)C2=O)o1. The van der Waals surface area contributed by atoms with E-state index in [-0.39, 0.29) is 12.3 Å². The number of ether oxygens (including phenoxy) is 2. The fourth-order valence-electron chi connectivity index (χ4n) is 3.37. The van der Waals surface area contributed by atoms with Gasteiger partial charge in [0.2, 0.25) is 5.76 Å². The second-order valence-corrected chi connectivity index (χ2v) is 10.9. The van der Waals surface area contributed by atoms with Crippen LogP contribution in [0.25, 0.3) is 6.08 Å². The molecule has 7 nitrogen and oxygen atoms in total. The number of aryl methyl sites for hydroxylation is 1. The van der Waals surface area contributed by atoms with Gasteiger partial charge in [-0.15, -0.1) is 0 Å². The van der Waals surface area contributed by atoms with Gasteiger partial charge < -0.3 is 13.9 Å². The molecule has 0 unspecified atom stereocenters. The van der Waals surface area contributed by atoms with Crippen molar-refractivity contribution in [2.45, 2.75) is 20.1 Å². The minimum absolute atomic E-state index is 0.0128. The molecule has 35 heavy (non-hydrogen) atoms. The average molecular weight is 715 g/mol. The number of nitrogens with zero attached hydrogens (tertiary/aromatic N) is 1. The normalized spacial score (nSPS) is 14.6. The fourth-order valence-corrected chi connectivity index (χ4v) is 6.34. The first-order valence-electron chi connectivity index (χ1n) is 10.3. The zero-order valence-corrected chi connectivity index (χ0v) is 23.8. The van der Waals surface area contributed by atoms with Gasteiger partial charge in [-0.1, -0.05) is 29.8 Å². The zero-order chi connectivity index (χ0) is 25.1. The highest BCUT2D eigenvalue weighted by Crippen LogP contribution is 2.36. The Hall–Kier alpha value is -2.32. The van der Waals surface area contributed by atoms with E-state index in [0.717, 1.165) is 40.7 Å². The molecular formula is C25H19I2NO6S. The molecular weight excluding hydrogens is 696 g/mol. The minimum atomic E-state index is -0.624. The lowest BCUT2D eigenvalue weighted by molar-refractivity contribution is -0.123.